The average molecular weight is 620 g/mol. The molecule has 7 aromatic rings. The second kappa shape index (κ2) is 15.4. The minimum absolute atomic E-state index is 0.988. The van der Waals surface area contributed by atoms with Gasteiger partial charge in [0.05, 0.1) is 5.69 Å². The number of rotatable bonds is 12. The van der Waals surface area contributed by atoms with Crippen LogP contribution in [0.1, 0.15) is 36.8 Å². The molecular formula is C47H41N. The van der Waals surface area contributed by atoms with Gasteiger partial charge in [-0.05, 0) is 118 Å². The average Bonchev–Trinajstić information content (AvgIpc) is 3.17. The molecule has 0 aliphatic rings. The van der Waals surface area contributed by atoms with Crippen molar-refractivity contribution in [1.29, 1.82) is 0 Å². The fourth-order valence-corrected chi connectivity index (χ4v) is 6.59. The molecule has 0 spiro atoms. The summed E-state index contributed by atoms with van der Waals surface area (Å²) in [5.41, 5.74) is 14.8. The zero-order chi connectivity index (χ0) is 32.4. The molecular weight excluding hydrogens is 579 g/mol. The number of unbranched alkanes of at least 4 members (excludes halogenated alkanes) is 3. The first kappa shape index (κ1) is 31.1. The Morgan fingerprint density at radius 2 is 0.688 bits per heavy atom. The molecule has 1 heterocycles. The molecule has 1 nitrogen and oxygen atoms in total. The van der Waals surface area contributed by atoms with Crippen molar-refractivity contribution in [2.45, 2.75) is 38.5 Å². The maximum Gasteiger partial charge on any atom is 0.0702 e. The predicted molar refractivity (Wildman–Crippen MR) is 204 cm³/mol. The molecule has 0 N–H and O–H groups in total. The van der Waals surface area contributed by atoms with Crippen LogP contribution in [-0.2, 0) is 12.8 Å². The van der Waals surface area contributed by atoms with Gasteiger partial charge in [0.15, 0.2) is 0 Å². The van der Waals surface area contributed by atoms with Crippen molar-refractivity contribution in [2.75, 3.05) is 0 Å². The van der Waals surface area contributed by atoms with Gasteiger partial charge in [-0.1, -0.05) is 146 Å². The van der Waals surface area contributed by atoms with E-state index in [9.17, 15) is 0 Å². The second-order valence-electron chi connectivity index (χ2n) is 12.6. The molecule has 0 saturated carbocycles. The zero-order valence-corrected chi connectivity index (χ0v) is 27.4. The molecule has 6 aromatic carbocycles. The maximum atomic E-state index is 4.55. The summed E-state index contributed by atoms with van der Waals surface area (Å²) in [5, 5.41) is 0. The summed E-state index contributed by atoms with van der Waals surface area (Å²) >= 11 is 0. The first-order chi connectivity index (χ1) is 23.8. The predicted octanol–water partition coefficient (Wildman–Crippen LogP) is 12.8. The number of hydrogen-bond acceptors (Lipinski definition) is 1. The third kappa shape index (κ3) is 7.88. The Kier molecular flexibility index (Phi) is 9.96. The molecule has 0 aliphatic heterocycles. The van der Waals surface area contributed by atoms with Crippen molar-refractivity contribution in [1.82, 2.24) is 4.98 Å². The van der Waals surface area contributed by atoms with Crippen molar-refractivity contribution < 1.29 is 0 Å². The Bertz CT molecular complexity index is 2080. The monoisotopic (exact) mass is 619 g/mol. The first-order valence-electron chi connectivity index (χ1n) is 17.2. The van der Waals surface area contributed by atoms with E-state index in [1.54, 1.807) is 0 Å². The summed E-state index contributed by atoms with van der Waals surface area (Å²) in [7, 11) is 0. The molecule has 0 fully saturated rings. The quantitative estimate of drug-likeness (QED) is 0.124. The van der Waals surface area contributed by atoms with Gasteiger partial charge in [-0.3, -0.25) is 4.98 Å². The van der Waals surface area contributed by atoms with Crippen LogP contribution in [0.15, 0.2) is 176 Å². The Balaban J connectivity index is 1.03. The third-order valence-corrected chi connectivity index (χ3v) is 9.19. The SMILES string of the molecule is c1ccc(CCCCCCc2cccc(-c3cccc(-c4cccc(-c5cccc(-c6cccc(-c7ccccn7)c6)c5)c4)c3)c2)cc1. The van der Waals surface area contributed by atoms with Crippen molar-refractivity contribution in [3.63, 3.8) is 0 Å². The Morgan fingerprint density at radius 3 is 1.19 bits per heavy atom. The van der Waals surface area contributed by atoms with E-state index in [4.69, 9.17) is 0 Å². The van der Waals surface area contributed by atoms with Crippen molar-refractivity contribution in [3.05, 3.63) is 187 Å². The van der Waals surface area contributed by atoms with E-state index in [-0.39, 0.29) is 0 Å². The van der Waals surface area contributed by atoms with Crippen LogP contribution in [0.5, 0.6) is 0 Å². The molecule has 48 heavy (non-hydrogen) atoms. The molecule has 0 saturated heterocycles. The molecule has 0 aliphatic carbocycles. The summed E-state index contributed by atoms with van der Waals surface area (Å²) in [6, 6.07) is 61.4. The largest absolute Gasteiger partial charge is 0.256 e. The molecule has 7 rings (SSSR count). The van der Waals surface area contributed by atoms with Crippen LogP contribution in [0.25, 0.3) is 55.8 Å². The number of benzene rings is 6. The first-order valence-corrected chi connectivity index (χ1v) is 17.2. The van der Waals surface area contributed by atoms with E-state index in [0.29, 0.717) is 0 Å². The van der Waals surface area contributed by atoms with Gasteiger partial charge in [-0.15, -0.1) is 0 Å². The number of pyridine rings is 1. The molecule has 0 radical (unpaired) electrons. The van der Waals surface area contributed by atoms with Gasteiger partial charge in [-0.2, -0.15) is 0 Å². The zero-order valence-electron chi connectivity index (χ0n) is 27.4. The number of hydrogen-bond donors (Lipinski definition) is 0. The Morgan fingerprint density at radius 1 is 0.292 bits per heavy atom. The number of aryl methyl sites for hydroxylation is 2. The Labute approximate surface area is 285 Å². The number of nitrogens with zero attached hydrogens (tertiary/aromatic N) is 1. The van der Waals surface area contributed by atoms with Gasteiger partial charge >= 0.3 is 0 Å². The van der Waals surface area contributed by atoms with E-state index < -0.39 is 0 Å². The van der Waals surface area contributed by atoms with Gasteiger partial charge in [0.2, 0.25) is 0 Å². The Hall–Kier alpha value is -5.53. The summed E-state index contributed by atoms with van der Waals surface area (Å²) in [6.45, 7) is 0. The lowest BCUT2D eigenvalue weighted by molar-refractivity contribution is 0.640. The van der Waals surface area contributed by atoms with E-state index in [0.717, 1.165) is 17.7 Å². The highest BCUT2D eigenvalue weighted by atomic mass is 14.7. The van der Waals surface area contributed by atoms with E-state index in [1.807, 2.05) is 18.3 Å². The number of aromatic nitrogens is 1. The highest BCUT2D eigenvalue weighted by Gasteiger charge is 2.08. The molecule has 1 heteroatoms. The van der Waals surface area contributed by atoms with Crippen LogP contribution in [0.4, 0.5) is 0 Å². The summed E-state index contributed by atoms with van der Waals surface area (Å²) in [6.07, 6.45) is 9.24. The lowest BCUT2D eigenvalue weighted by atomic mass is 9.94. The van der Waals surface area contributed by atoms with Crippen LogP contribution in [0.2, 0.25) is 0 Å². The molecule has 234 valence electrons. The van der Waals surface area contributed by atoms with Gasteiger partial charge in [-0.25, -0.2) is 0 Å². The van der Waals surface area contributed by atoms with Crippen LogP contribution in [0, 0.1) is 0 Å². The standard InChI is InChI=1S/C47H41N/c1(4-15-36-16-6-3-7-17-36)2-5-18-37-19-10-20-38(31-37)39-21-11-22-40(32-39)41-23-12-24-42(33-41)43-25-13-26-44(34-43)45-27-14-28-46(35-45)47-29-8-9-30-48-47/h3,6-14,16-17,19-35H,1-2,4-5,15,18H2. The fraction of sp³-hybridized carbons (Fsp3) is 0.128. The van der Waals surface area contributed by atoms with Gasteiger partial charge in [0.1, 0.15) is 0 Å². The van der Waals surface area contributed by atoms with Crippen molar-refractivity contribution in [2.24, 2.45) is 0 Å². The summed E-state index contributed by atoms with van der Waals surface area (Å²) in [4.78, 5) is 4.55. The topological polar surface area (TPSA) is 12.9 Å². The van der Waals surface area contributed by atoms with Crippen LogP contribution >= 0.6 is 0 Å². The molecule has 0 bridgehead atoms. The minimum Gasteiger partial charge on any atom is -0.256 e. The van der Waals surface area contributed by atoms with E-state index in [2.05, 4.69) is 163 Å². The van der Waals surface area contributed by atoms with Crippen LogP contribution in [-0.4, -0.2) is 4.98 Å². The molecule has 0 unspecified atom stereocenters. The van der Waals surface area contributed by atoms with E-state index >= 15 is 0 Å². The van der Waals surface area contributed by atoms with Gasteiger partial charge in [0, 0.05) is 11.8 Å². The molecule has 1 aromatic heterocycles. The smallest absolute Gasteiger partial charge is 0.0702 e. The van der Waals surface area contributed by atoms with E-state index in [1.165, 1.54) is 87.7 Å². The molecule has 0 atom stereocenters. The third-order valence-electron chi connectivity index (χ3n) is 9.19. The summed E-state index contributed by atoms with van der Waals surface area (Å²) in [5.74, 6) is 0. The lowest BCUT2D eigenvalue weighted by Gasteiger charge is -2.11. The fourth-order valence-electron chi connectivity index (χ4n) is 6.59. The maximum absolute atomic E-state index is 4.55. The summed E-state index contributed by atoms with van der Waals surface area (Å²) < 4.78 is 0. The highest BCUT2D eigenvalue weighted by molar-refractivity contribution is 5.80. The van der Waals surface area contributed by atoms with Crippen molar-refractivity contribution >= 4 is 0 Å². The highest BCUT2D eigenvalue weighted by Crippen LogP contribution is 2.33. The lowest BCUT2D eigenvalue weighted by Crippen LogP contribution is -1.89. The second-order valence-corrected chi connectivity index (χ2v) is 12.6. The van der Waals surface area contributed by atoms with Crippen LogP contribution < -0.4 is 0 Å². The normalized spacial score (nSPS) is 11.0. The van der Waals surface area contributed by atoms with Crippen LogP contribution in [0.3, 0.4) is 0 Å². The van der Waals surface area contributed by atoms with Gasteiger partial charge < -0.3 is 0 Å². The van der Waals surface area contributed by atoms with Gasteiger partial charge in [0.25, 0.3) is 0 Å². The van der Waals surface area contributed by atoms with Crippen molar-refractivity contribution in [3.8, 4) is 55.8 Å². The molecule has 0 amide bonds. The minimum atomic E-state index is 0.988.